The first-order chi connectivity index (χ1) is 12.9. The predicted octanol–water partition coefficient (Wildman–Crippen LogP) is 4.19. The number of nitrogens with one attached hydrogen (secondary N) is 1. The molecule has 0 aliphatic heterocycles. The van der Waals surface area contributed by atoms with Gasteiger partial charge in [0.1, 0.15) is 0 Å². The quantitative estimate of drug-likeness (QED) is 0.531. The third kappa shape index (κ3) is 4.84. The first-order valence-corrected chi connectivity index (χ1v) is 8.14. The standard InChI is InChI=1S/C20H16F3N3O/c21-20(22,23)16-7-4-6-15(12-16)13-19(27)25-24-14-18-10-5-11-26(18)17-8-2-1-3-9-17/h1-12,14H,13H2,(H,25,27)/b24-14+. The van der Waals surface area contributed by atoms with Crippen molar-refractivity contribution in [2.75, 3.05) is 0 Å². The number of benzene rings is 2. The van der Waals surface area contributed by atoms with Crippen molar-refractivity contribution in [2.45, 2.75) is 12.6 Å². The van der Waals surface area contributed by atoms with Crippen LogP contribution >= 0.6 is 0 Å². The van der Waals surface area contributed by atoms with Gasteiger partial charge in [-0.1, -0.05) is 36.4 Å². The molecule has 7 heteroatoms. The lowest BCUT2D eigenvalue weighted by Crippen LogP contribution is -2.20. The molecule has 0 aliphatic carbocycles. The van der Waals surface area contributed by atoms with E-state index in [4.69, 9.17) is 0 Å². The van der Waals surface area contributed by atoms with E-state index in [0.717, 1.165) is 23.5 Å². The van der Waals surface area contributed by atoms with Crippen molar-refractivity contribution < 1.29 is 18.0 Å². The molecule has 0 saturated heterocycles. The number of carbonyl (C=O) groups is 1. The molecule has 0 fully saturated rings. The first kappa shape index (κ1) is 18.4. The van der Waals surface area contributed by atoms with Gasteiger partial charge in [0.2, 0.25) is 5.91 Å². The maximum Gasteiger partial charge on any atom is 0.416 e. The predicted molar refractivity (Wildman–Crippen MR) is 96.7 cm³/mol. The number of nitrogens with zero attached hydrogens (tertiary/aromatic N) is 2. The summed E-state index contributed by atoms with van der Waals surface area (Å²) in [5.74, 6) is -0.497. The molecule has 3 aromatic rings. The lowest BCUT2D eigenvalue weighted by atomic mass is 10.1. The van der Waals surface area contributed by atoms with Gasteiger partial charge in [0, 0.05) is 11.9 Å². The van der Waals surface area contributed by atoms with Crippen molar-refractivity contribution >= 4 is 12.1 Å². The van der Waals surface area contributed by atoms with Crippen LogP contribution in [0, 0.1) is 0 Å². The van der Waals surface area contributed by atoms with Crippen LogP contribution < -0.4 is 5.43 Å². The van der Waals surface area contributed by atoms with Crippen molar-refractivity contribution in [3.8, 4) is 5.69 Å². The van der Waals surface area contributed by atoms with Gasteiger partial charge >= 0.3 is 6.18 Å². The highest BCUT2D eigenvalue weighted by molar-refractivity contribution is 5.82. The number of para-hydroxylation sites is 1. The summed E-state index contributed by atoms with van der Waals surface area (Å²) in [6, 6.07) is 18.0. The first-order valence-electron chi connectivity index (χ1n) is 8.14. The Morgan fingerprint density at radius 2 is 1.81 bits per heavy atom. The molecule has 0 atom stereocenters. The normalized spacial score (nSPS) is 11.7. The van der Waals surface area contributed by atoms with Gasteiger partial charge in [-0.05, 0) is 35.9 Å². The lowest BCUT2D eigenvalue weighted by molar-refractivity contribution is -0.137. The van der Waals surface area contributed by atoms with Crippen LogP contribution in [-0.2, 0) is 17.4 Å². The number of rotatable bonds is 5. The van der Waals surface area contributed by atoms with Crippen LogP contribution in [0.1, 0.15) is 16.8 Å². The summed E-state index contributed by atoms with van der Waals surface area (Å²) in [4.78, 5) is 11.9. The summed E-state index contributed by atoms with van der Waals surface area (Å²) in [6.07, 6.45) is -1.29. The van der Waals surface area contributed by atoms with Gasteiger partial charge in [-0.2, -0.15) is 18.3 Å². The molecule has 138 valence electrons. The molecule has 0 unspecified atom stereocenters. The fraction of sp³-hybridized carbons (Fsp3) is 0.100. The van der Waals surface area contributed by atoms with Crippen molar-refractivity contribution in [3.05, 3.63) is 89.7 Å². The maximum atomic E-state index is 12.7. The second kappa shape index (κ2) is 7.90. The Bertz CT molecular complexity index is 946. The van der Waals surface area contributed by atoms with Gasteiger partial charge in [-0.15, -0.1) is 0 Å². The lowest BCUT2D eigenvalue weighted by Gasteiger charge is -2.08. The summed E-state index contributed by atoms with van der Waals surface area (Å²) in [6.45, 7) is 0. The summed E-state index contributed by atoms with van der Waals surface area (Å²) in [7, 11) is 0. The monoisotopic (exact) mass is 371 g/mol. The van der Waals surface area contributed by atoms with E-state index in [1.807, 2.05) is 53.2 Å². The van der Waals surface area contributed by atoms with Gasteiger partial charge in [0.05, 0.1) is 23.9 Å². The van der Waals surface area contributed by atoms with Crippen molar-refractivity contribution in [1.29, 1.82) is 0 Å². The minimum atomic E-state index is -4.44. The fourth-order valence-electron chi connectivity index (χ4n) is 2.58. The van der Waals surface area contributed by atoms with Crippen LogP contribution in [0.5, 0.6) is 0 Å². The molecule has 1 heterocycles. The van der Waals surface area contributed by atoms with E-state index in [9.17, 15) is 18.0 Å². The topological polar surface area (TPSA) is 46.4 Å². The number of carbonyl (C=O) groups excluding carboxylic acids is 1. The zero-order valence-corrected chi connectivity index (χ0v) is 14.1. The molecule has 0 bridgehead atoms. The minimum absolute atomic E-state index is 0.193. The molecule has 1 amide bonds. The van der Waals surface area contributed by atoms with Crippen molar-refractivity contribution in [2.24, 2.45) is 5.10 Å². The van der Waals surface area contributed by atoms with E-state index in [1.165, 1.54) is 18.3 Å². The van der Waals surface area contributed by atoms with Crippen molar-refractivity contribution in [1.82, 2.24) is 9.99 Å². The third-order valence-electron chi connectivity index (χ3n) is 3.82. The Balaban J connectivity index is 1.63. The Morgan fingerprint density at radius 1 is 1.04 bits per heavy atom. The molecule has 1 aromatic heterocycles. The zero-order chi connectivity index (χ0) is 19.3. The summed E-state index contributed by atoms with van der Waals surface area (Å²) in [5, 5.41) is 3.90. The molecule has 27 heavy (non-hydrogen) atoms. The highest BCUT2D eigenvalue weighted by Crippen LogP contribution is 2.29. The molecular formula is C20H16F3N3O. The van der Waals surface area contributed by atoms with Gasteiger partial charge < -0.3 is 4.57 Å². The molecular weight excluding hydrogens is 355 g/mol. The molecule has 1 N–H and O–H groups in total. The van der Waals surface area contributed by atoms with Crippen LogP contribution in [-0.4, -0.2) is 16.7 Å². The number of aromatic nitrogens is 1. The third-order valence-corrected chi connectivity index (χ3v) is 3.82. The molecule has 2 aromatic carbocycles. The van der Waals surface area contributed by atoms with Gasteiger partial charge in [-0.25, -0.2) is 5.43 Å². The van der Waals surface area contributed by atoms with Crippen molar-refractivity contribution in [3.63, 3.8) is 0 Å². The van der Waals surface area contributed by atoms with Gasteiger partial charge in [0.15, 0.2) is 0 Å². The Labute approximate surface area is 153 Å². The summed E-state index contributed by atoms with van der Waals surface area (Å²) in [5.41, 5.74) is 3.52. The highest BCUT2D eigenvalue weighted by atomic mass is 19.4. The largest absolute Gasteiger partial charge is 0.416 e. The van der Waals surface area contributed by atoms with Crippen LogP contribution in [0.4, 0.5) is 13.2 Å². The number of halogens is 3. The van der Waals surface area contributed by atoms with E-state index >= 15 is 0 Å². The smallest absolute Gasteiger partial charge is 0.316 e. The van der Waals surface area contributed by atoms with E-state index < -0.39 is 17.6 Å². The van der Waals surface area contributed by atoms with E-state index in [1.54, 1.807) is 0 Å². The highest BCUT2D eigenvalue weighted by Gasteiger charge is 2.30. The minimum Gasteiger partial charge on any atom is -0.316 e. The maximum absolute atomic E-state index is 12.7. The Hall–Kier alpha value is -3.35. The second-order valence-corrected chi connectivity index (χ2v) is 5.81. The molecule has 0 saturated carbocycles. The van der Waals surface area contributed by atoms with E-state index in [0.29, 0.717) is 0 Å². The summed E-state index contributed by atoms with van der Waals surface area (Å²) >= 11 is 0. The van der Waals surface area contributed by atoms with Crippen LogP contribution in [0.25, 0.3) is 5.69 Å². The van der Waals surface area contributed by atoms with Gasteiger partial charge in [-0.3, -0.25) is 4.79 Å². The zero-order valence-electron chi connectivity index (χ0n) is 14.1. The van der Waals surface area contributed by atoms with Crippen LogP contribution in [0.3, 0.4) is 0 Å². The average Bonchev–Trinajstić information content (AvgIpc) is 3.10. The SMILES string of the molecule is O=C(Cc1cccc(C(F)(F)F)c1)N/N=C/c1cccn1-c1ccccc1. The number of hydrazone groups is 1. The van der Waals surface area contributed by atoms with E-state index in [-0.39, 0.29) is 12.0 Å². The molecule has 0 radical (unpaired) electrons. The van der Waals surface area contributed by atoms with Crippen LogP contribution in [0.2, 0.25) is 0 Å². The Kier molecular flexibility index (Phi) is 5.40. The van der Waals surface area contributed by atoms with Gasteiger partial charge in [0.25, 0.3) is 0 Å². The number of hydrogen-bond acceptors (Lipinski definition) is 2. The van der Waals surface area contributed by atoms with Crippen LogP contribution in [0.15, 0.2) is 78.0 Å². The number of alkyl halides is 3. The van der Waals surface area contributed by atoms with E-state index in [2.05, 4.69) is 10.5 Å². The molecule has 0 spiro atoms. The Morgan fingerprint density at radius 3 is 2.56 bits per heavy atom. The molecule has 0 aliphatic rings. The number of hydrogen-bond donors (Lipinski definition) is 1. The second-order valence-electron chi connectivity index (χ2n) is 5.81. The number of amides is 1. The molecule has 4 nitrogen and oxygen atoms in total. The summed E-state index contributed by atoms with van der Waals surface area (Å²) < 4.78 is 40.0. The fourth-order valence-corrected chi connectivity index (χ4v) is 2.58. The molecule has 3 rings (SSSR count). The average molecular weight is 371 g/mol.